The molecule has 6 nitrogen and oxygen atoms in total. The van der Waals surface area contributed by atoms with E-state index >= 15 is 0 Å². The molecule has 2 heterocycles. The van der Waals surface area contributed by atoms with Gasteiger partial charge in [-0.05, 0) is 55.3 Å². The van der Waals surface area contributed by atoms with Crippen molar-refractivity contribution in [2.45, 2.75) is 12.8 Å². The molecule has 1 aromatic heterocycles. The lowest BCUT2D eigenvalue weighted by molar-refractivity contribution is -0.120. The van der Waals surface area contributed by atoms with Gasteiger partial charge in [0.05, 0.1) is 17.8 Å². The SMILES string of the molecule is COc1ccc(NC(=O)C2CCN(c3ccc(-c4cccc(F)c4)nn3)CC2)cc1Cl. The summed E-state index contributed by atoms with van der Waals surface area (Å²) in [6.07, 6.45) is 1.42. The molecular formula is C23H22ClFN4O2. The summed E-state index contributed by atoms with van der Waals surface area (Å²) in [5.41, 5.74) is 1.96. The lowest BCUT2D eigenvalue weighted by atomic mass is 9.95. The van der Waals surface area contributed by atoms with Gasteiger partial charge in [0.1, 0.15) is 11.6 Å². The number of methoxy groups -OCH3 is 1. The zero-order valence-electron chi connectivity index (χ0n) is 17.0. The van der Waals surface area contributed by atoms with Gasteiger partial charge >= 0.3 is 0 Å². The van der Waals surface area contributed by atoms with Crippen molar-refractivity contribution < 1.29 is 13.9 Å². The van der Waals surface area contributed by atoms with Gasteiger partial charge in [-0.15, -0.1) is 10.2 Å². The van der Waals surface area contributed by atoms with E-state index < -0.39 is 0 Å². The zero-order chi connectivity index (χ0) is 21.8. The normalized spacial score (nSPS) is 14.4. The summed E-state index contributed by atoms with van der Waals surface area (Å²) in [4.78, 5) is 14.8. The van der Waals surface area contributed by atoms with Crippen molar-refractivity contribution in [1.29, 1.82) is 0 Å². The minimum atomic E-state index is -0.305. The molecule has 0 radical (unpaired) electrons. The highest BCUT2D eigenvalue weighted by Gasteiger charge is 2.26. The first-order valence-electron chi connectivity index (χ1n) is 10.0. The van der Waals surface area contributed by atoms with Gasteiger partial charge in [-0.1, -0.05) is 23.7 Å². The number of carbonyl (C=O) groups excluding carboxylic acids is 1. The van der Waals surface area contributed by atoms with Crippen LogP contribution < -0.4 is 15.0 Å². The van der Waals surface area contributed by atoms with Crippen molar-refractivity contribution in [3.63, 3.8) is 0 Å². The highest BCUT2D eigenvalue weighted by atomic mass is 35.5. The van der Waals surface area contributed by atoms with Crippen LogP contribution in [0, 0.1) is 11.7 Å². The van der Waals surface area contributed by atoms with Crippen molar-refractivity contribution in [3.05, 3.63) is 65.4 Å². The van der Waals surface area contributed by atoms with E-state index in [1.54, 1.807) is 37.4 Å². The first-order chi connectivity index (χ1) is 15.0. The second-order valence-corrected chi connectivity index (χ2v) is 7.79. The largest absolute Gasteiger partial charge is 0.495 e. The van der Waals surface area contributed by atoms with E-state index in [9.17, 15) is 9.18 Å². The van der Waals surface area contributed by atoms with E-state index in [1.807, 2.05) is 12.1 Å². The fourth-order valence-electron chi connectivity index (χ4n) is 3.65. The third kappa shape index (κ3) is 4.94. The topological polar surface area (TPSA) is 67.3 Å². The molecule has 0 spiro atoms. The van der Waals surface area contributed by atoms with Crippen LogP contribution in [0.5, 0.6) is 5.75 Å². The molecule has 0 unspecified atom stereocenters. The second-order valence-electron chi connectivity index (χ2n) is 7.39. The fraction of sp³-hybridized carbons (Fsp3) is 0.261. The summed E-state index contributed by atoms with van der Waals surface area (Å²) >= 11 is 6.13. The van der Waals surface area contributed by atoms with Crippen LogP contribution in [0.3, 0.4) is 0 Å². The van der Waals surface area contributed by atoms with E-state index in [1.165, 1.54) is 12.1 Å². The summed E-state index contributed by atoms with van der Waals surface area (Å²) in [7, 11) is 1.55. The number of nitrogens with one attached hydrogen (secondary N) is 1. The lowest BCUT2D eigenvalue weighted by Crippen LogP contribution is -2.38. The smallest absolute Gasteiger partial charge is 0.227 e. The number of anilines is 2. The van der Waals surface area contributed by atoms with Gasteiger partial charge in [-0.3, -0.25) is 4.79 Å². The highest BCUT2D eigenvalue weighted by molar-refractivity contribution is 6.32. The number of amides is 1. The summed E-state index contributed by atoms with van der Waals surface area (Å²) in [5, 5.41) is 11.9. The summed E-state index contributed by atoms with van der Waals surface area (Å²) < 4.78 is 18.5. The van der Waals surface area contributed by atoms with Gasteiger partial charge in [0.2, 0.25) is 5.91 Å². The Labute approximate surface area is 185 Å². The third-order valence-electron chi connectivity index (χ3n) is 5.38. The molecule has 0 saturated carbocycles. The number of piperidine rings is 1. The molecule has 1 fully saturated rings. The first-order valence-corrected chi connectivity index (χ1v) is 10.4. The monoisotopic (exact) mass is 440 g/mol. The Morgan fingerprint density at radius 1 is 1.13 bits per heavy atom. The van der Waals surface area contributed by atoms with Crippen molar-refractivity contribution in [1.82, 2.24) is 10.2 Å². The molecule has 0 bridgehead atoms. The van der Waals surface area contributed by atoms with Gasteiger partial charge in [0.25, 0.3) is 0 Å². The van der Waals surface area contributed by atoms with Crippen LogP contribution in [0.2, 0.25) is 5.02 Å². The van der Waals surface area contributed by atoms with Crippen LogP contribution in [-0.2, 0) is 4.79 Å². The number of aromatic nitrogens is 2. The zero-order valence-corrected chi connectivity index (χ0v) is 17.8. The molecule has 0 atom stereocenters. The molecule has 0 aliphatic carbocycles. The summed E-state index contributed by atoms with van der Waals surface area (Å²) in [5.74, 6) is 0.907. The van der Waals surface area contributed by atoms with Crippen LogP contribution >= 0.6 is 11.6 Å². The fourth-order valence-corrected chi connectivity index (χ4v) is 3.91. The average Bonchev–Trinajstić information content (AvgIpc) is 2.79. The van der Waals surface area contributed by atoms with E-state index in [2.05, 4.69) is 20.4 Å². The third-order valence-corrected chi connectivity index (χ3v) is 5.68. The first kappa shape index (κ1) is 21.1. The van der Waals surface area contributed by atoms with Gasteiger partial charge in [-0.25, -0.2) is 4.39 Å². The van der Waals surface area contributed by atoms with E-state index in [-0.39, 0.29) is 17.6 Å². The molecule has 4 rings (SSSR count). The number of benzene rings is 2. The molecule has 1 aliphatic heterocycles. The summed E-state index contributed by atoms with van der Waals surface area (Å²) in [6, 6.07) is 15.2. The van der Waals surface area contributed by atoms with Crippen molar-refractivity contribution in [3.8, 4) is 17.0 Å². The van der Waals surface area contributed by atoms with Crippen LogP contribution in [0.25, 0.3) is 11.3 Å². The molecule has 31 heavy (non-hydrogen) atoms. The molecule has 1 amide bonds. The van der Waals surface area contributed by atoms with E-state index in [0.717, 1.165) is 5.82 Å². The number of carbonyl (C=O) groups is 1. The molecule has 1 saturated heterocycles. The molecule has 3 aromatic rings. The Balaban J connectivity index is 1.34. The quantitative estimate of drug-likeness (QED) is 0.617. The van der Waals surface area contributed by atoms with Crippen LogP contribution in [0.4, 0.5) is 15.9 Å². The van der Waals surface area contributed by atoms with Gasteiger partial charge in [-0.2, -0.15) is 0 Å². The molecule has 160 valence electrons. The molecular weight excluding hydrogens is 419 g/mol. The van der Waals surface area contributed by atoms with Gasteiger partial charge in [0.15, 0.2) is 5.82 Å². The van der Waals surface area contributed by atoms with Crippen LogP contribution in [-0.4, -0.2) is 36.3 Å². The Bertz CT molecular complexity index is 1070. The van der Waals surface area contributed by atoms with E-state index in [0.29, 0.717) is 53.6 Å². The van der Waals surface area contributed by atoms with Crippen molar-refractivity contribution in [2.75, 3.05) is 30.4 Å². The predicted molar refractivity (Wildman–Crippen MR) is 119 cm³/mol. The minimum absolute atomic E-state index is 0.0200. The maximum atomic E-state index is 13.4. The standard InChI is InChI=1S/C23H22ClFN4O2/c1-31-21-7-5-18(14-19(21)24)26-23(30)15-9-11-29(12-10-15)22-8-6-20(27-28-22)16-3-2-4-17(25)13-16/h2-8,13-15H,9-12H2,1H3,(H,26,30). The minimum Gasteiger partial charge on any atom is -0.495 e. The number of hydrogen-bond acceptors (Lipinski definition) is 5. The highest BCUT2D eigenvalue weighted by Crippen LogP contribution is 2.29. The number of nitrogens with zero attached hydrogens (tertiary/aromatic N) is 3. The Morgan fingerprint density at radius 3 is 2.58 bits per heavy atom. The Hall–Kier alpha value is -3.19. The lowest BCUT2D eigenvalue weighted by Gasteiger charge is -2.31. The predicted octanol–water partition coefficient (Wildman–Crippen LogP) is 4.80. The average molecular weight is 441 g/mol. The molecule has 1 N–H and O–H groups in total. The van der Waals surface area contributed by atoms with Crippen molar-refractivity contribution >= 4 is 29.0 Å². The van der Waals surface area contributed by atoms with Gasteiger partial charge < -0.3 is 15.0 Å². The number of ether oxygens (including phenoxy) is 1. The maximum absolute atomic E-state index is 13.4. The van der Waals surface area contributed by atoms with E-state index in [4.69, 9.17) is 16.3 Å². The number of hydrogen-bond donors (Lipinski definition) is 1. The number of rotatable bonds is 5. The van der Waals surface area contributed by atoms with Crippen molar-refractivity contribution in [2.24, 2.45) is 5.92 Å². The van der Waals surface area contributed by atoms with Crippen LogP contribution in [0.15, 0.2) is 54.6 Å². The molecule has 2 aromatic carbocycles. The van der Waals surface area contributed by atoms with Gasteiger partial charge in [0, 0.05) is 30.3 Å². The Morgan fingerprint density at radius 2 is 1.94 bits per heavy atom. The maximum Gasteiger partial charge on any atom is 0.227 e. The second kappa shape index (κ2) is 9.31. The Kier molecular flexibility index (Phi) is 6.32. The number of halogens is 2. The summed E-state index contributed by atoms with van der Waals surface area (Å²) in [6.45, 7) is 1.41. The van der Waals surface area contributed by atoms with Crippen LogP contribution in [0.1, 0.15) is 12.8 Å². The molecule has 8 heteroatoms. The molecule has 1 aliphatic rings.